The molecule has 0 aromatic carbocycles. The third kappa shape index (κ3) is 3.14. The van der Waals surface area contributed by atoms with Gasteiger partial charge in [0, 0.05) is 24.9 Å². The largest absolute Gasteiger partial charge is 0.335 e. The minimum absolute atomic E-state index is 0.686. The van der Waals surface area contributed by atoms with E-state index in [4.69, 9.17) is 0 Å². The van der Waals surface area contributed by atoms with Crippen molar-refractivity contribution in [3.8, 4) is 0 Å². The number of aromatic nitrogens is 2. The molecule has 0 radical (unpaired) electrons. The van der Waals surface area contributed by atoms with Crippen LogP contribution in [0.15, 0.2) is 12.4 Å². The molecule has 1 aromatic rings. The van der Waals surface area contributed by atoms with Gasteiger partial charge in [-0.15, -0.1) is 0 Å². The first-order chi connectivity index (χ1) is 8.72. The third-order valence-corrected chi connectivity index (χ3v) is 3.92. The number of hydrogen-bond acceptors (Lipinski definition) is 2. The van der Waals surface area contributed by atoms with E-state index in [0.717, 1.165) is 31.5 Å². The maximum absolute atomic E-state index is 4.59. The highest BCUT2D eigenvalue weighted by atomic mass is 15.1. The van der Waals surface area contributed by atoms with Crippen molar-refractivity contribution in [2.45, 2.75) is 52.5 Å². The predicted octanol–water partition coefficient (Wildman–Crippen LogP) is 3.03. The van der Waals surface area contributed by atoms with E-state index < -0.39 is 0 Å². The predicted molar refractivity (Wildman–Crippen MR) is 75.7 cm³/mol. The topological polar surface area (TPSA) is 29.9 Å². The summed E-state index contributed by atoms with van der Waals surface area (Å²) in [4.78, 5) is 4.59. The van der Waals surface area contributed by atoms with Crippen molar-refractivity contribution in [3.63, 3.8) is 0 Å². The lowest BCUT2D eigenvalue weighted by Gasteiger charge is -2.36. The average molecular weight is 249 g/mol. The maximum atomic E-state index is 4.59. The molecule has 1 aliphatic carbocycles. The van der Waals surface area contributed by atoms with Crippen molar-refractivity contribution >= 4 is 0 Å². The second kappa shape index (κ2) is 6.37. The first-order valence-corrected chi connectivity index (χ1v) is 7.44. The molecule has 0 aliphatic heterocycles. The highest BCUT2D eigenvalue weighted by Gasteiger charge is 2.34. The van der Waals surface area contributed by atoms with Crippen LogP contribution in [0.2, 0.25) is 0 Å². The van der Waals surface area contributed by atoms with Gasteiger partial charge in [-0.2, -0.15) is 0 Å². The van der Waals surface area contributed by atoms with Gasteiger partial charge in [0.25, 0.3) is 0 Å². The molecule has 2 unspecified atom stereocenters. The van der Waals surface area contributed by atoms with Crippen LogP contribution in [0.3, 0.4) is 0 Å². The molecule has 3 nitrogen and oxygen atoms in total. The van der Waals surface area contributed by atoms with Gasteiger partial charge in [0.15, 0.2) is 0 Å². The molecule has 0 saturated heterocycles. The molecule has 3 heteroatoms. The van der Waals surface area contributed by atoms with Crippen LogP contribution >= 0.6 is 0 Å². The number of imidazole rings is 1. The standard InChI is InChI=1S/C15H27N3/c1-4-8-18-9-7-17-15(18)14-6-5-13(14)11-16-10-12(2)3/h7,9,12-14,16H,4-6,8,10-11H2,1-3H3. The zero-order chi connectivity index (χ0) is 13.0. The summed E-state index contributed by atoms with van der Waals surface area (Å²) in [5.74, 6) is 3.54. The zero-order valence-corrected chi connectivity index (χ0v) is 12.0. The van der Waals surface area contributed by atoms with E-state index in [1.54, 1.807) is 0 Å². The van der Waals surface area contributed by atoms with Gasteiger partial charge in [0.2, 0.25) is 0 Å². The molecular weight excluding hydrogens is 222 g/mol. The number of rotatable bonds is 7. The lowest BCUT2D eigenvalue weighted by atomic mass is 9.73. The summed E-state index contributed by atoms with van der Waals surface area (Å²) in [7, 11) is 0. The molecule has 1 fully saturated rings. The average Bonchev–Trinajstić information content (AvgIpc) is 2.71. The Labute approximate surface area is 111 Å². The van der Waals surface area contributed by atoms with Gasteiger partial charge < -0.3 is 9.88 Å². The maximum Gasteiger partial charge on any atom is 0.112 e. The summed E-state index contributed by atoms with van der Waals surface area (Å²) in [5.41, 5.74) is 0. The number of nitrogens with one attached hydrogen (secondary N) is 1. The van der Waals surface area contributed by atoms with E-state index in [1.807, 2.05) is 6.20 Å². The molecule has 1 aromatic heterocycles. The quantitative estimate of drug-likeness (QED) is 0.805. The third-order valence-electron chi connectivity index (χ3n) is 3.92. The molecule has 0 bridgehead atoms. The van der Waals surface area contributed by atoms with Gasteiger partial charge in [-0.05, 0) is 44.2 Å². The fraction of sp³-hybridized carbons (Fsp3) is 0.800. The van der Waals surface area contributed by atoms with Crippen LogP contribution in [0.5, 0.6) is 0 Å². The summed E-state index contributed by atoms with van der Waals surface area (Å²) < 4.78 is 2.35. The molecule has 0 amide bonds. The SMILES string of the molecule is CCCn1ccnc1C1CCC1CNCC(C)C. The summed E-state index contributed by atoms with van der Waals surface area (Å²) >= 11 is 0. The van der Waals surface area contributed by atoms with E-state index in [-0.39, 0.29) is 0 Å². The van der Waals surface area contributed by atoms with Gasteiger partial charge in [-0.1, -0.05) is 20.8 Å². The van der Waals surface area contributed by atoms with Crippen molar-refractivity contribution < 1.29 is 0 Å². The second-order valence-corrected chi connectivity index (χ2v) is 5.97. The van der Waals surface area contributed by atoms with Crippen molar-refractivity contribution in [2.24, 2.45) is 11.8 Å². The van der Waals surface area contributed by atoms with Gasteiger partial charge >= 0.3 is 0 Å². The molecule has 1 N–H and O–H groups in total. The summed E-state index contributed by atoms with van der Waals surface area (Å²) in [6.07, 6.45) is 7.95. The van der Waals surface area contributed by atoms with Crippen LogP contribution in [0.25, 0.3) is 0 Å². The van der Waals surface area contributed by atoms with E-state index in [1.165, 1.54) is 25.1 Å². The Balaban J connectivity index is 1.87. The van der Waals surface area contributed by atoms with Crippen LogP contribution in [-0.2, 0) is 6.54 Å². The van der Waals surface area contributed by atoms with Gasteiger partial charge in [0.1, 0.15) is 5.82 Å². The fourth-order valence-electron chi connectivity index (χ4n) is 2.79. The summed E-state index contributed by atoms with van der Waals surface area (Å²) in [5, 5.41) is 3.59. The van der Waals surface area contributed by atoms with Gasteiger partial charge in [-0.25, -0.2) is 4.98 Å². The van der Waals surface area contributed by atoms with E-state index >= 15 is 0 Å². The Morgan fingerprint density at radius 1 is 1.44 bits per heavy atom. The summed E-state index contributed by atoms with van der Waals surface area (Å²) in [6.45, 7) is 10.1. The van der Waals surface area contributed by atoms with Gasteiger partial charge in [0.05, 0.1) is 0 Å². The molecule has 2 atom stereocenters. The highest BCUT2D eigenvalue weighted by Crippen LogP contribution is 2.41. The molecule has 18 heavy (non-hydrogen) atoms. The van der Waals surface area contributed by atoms with E-state index in [0.29, 0.717) is 5.92 Å². The fourth-order valence-corrected chi connectivity index (χ4v) is 2.79. The molecule has 1 saturated carbocycles. The van der Waals surface area contributed by atoms with Crippen molar-refractivity contribution in [1.29, 1.82) is 0 Å². The minimum Gasteiger partial charge on any atom is -0.335 e. The Bertz CT molecular complexity index is 356. The van der Waals surface area contributed by atoms with Crippen molar-refractivity contribution in [2.75, 3.05) is 13.1 Å². The van der Waals surface area contributed by atoms with Crippen molar-refractivity contribution in [1.82, 2.24) is 14.9 Å². The minimum atomic E-state index is 0.686. The van der Waals surface area contributed by atoms with E-state index in [2.05, 4.69) is 41.8 Å². The lowest BCUT2D eigenvalue weighted by molar-refractivity contribution is 0.228. The van der Waals surface area contributed by atoms with Crippen LogP contribution in [0, 0.1) is 11.8 Å². The number of aryl methyl sites for hydroxylation is 1. The van der Waals surface area contributed by atoms with Crippen molar-refractivity contribution in [3.05, 3.63) is 18.2 Å². The Kier molecular flexibility index (Phi) is 4.81. The zero-order valence-electron chi connectivity index (χ0n) is 12.0. The first-order valence-electron chi connectivity index (χ1n) is 7.44. The normalized spacial score (nSPS) is 23.3. The Morgan fingerprint density at radius 3 is 2.89 bits per heavy atom. The first kappa shape index (κ1) is 13.6. The van der Waals surface area contributed by atoms with Crippen LogP contribution < -0.4 is 5.32 Å². The lowest BCUT2D eigenvalue weighted by Crippen LogP contribution is -2.36. The van der Waals surface area contributed by atoms with Gasteiger partial charge in [-0.3, -0.25) is 0 Å². The molecular formula is C15H27N3. The van der Waals surface area contributed by atoms with E-state index in [9.17, 15) is 0 Å². The molecule has 1 heterocycles. The monoisotopic (exact) mass is 249 g/mol. The molecule has 2 rings (SSSR count). The smallest absolute Gasteiger partial charge is 0.112 e. The number of nitrogens with zero attached hydrogens (tertiary/aromatic N) is 2. The van der Waals surface area contributed by atoms with Crippen LogP contribution in [0.4, 0.5) is 0 Å². The Hall–Kier alpha value is -0.830. The van der Waals surface area contributed by atoms with Crippen LogP contribution in [0.1, 0.15) is 51.8 Å². The molecule has 102 valence electrons. The second-order valence-electron chi connectivity index (χ2n) is 5.97. The Morgan fingerprint density at radius 2 is 2.28 bits per heavy atom. The number of hydrogen-bond donors (Lipinski definition) is 1. The molecule has 0 spiro atoms. The highest BCUT2D eigenvalue weighted by molar-refractivity contribution is 5.08. The molecule has 1 aliphatic rings. The summed E-state index contributed by atoms with van der Waals surface area (Å²) in [6, 6.07) is 0. The van der Waals surface area contributed by atoms with Crippen LogP contribution in [-0.4, -0.2) is 22.6 Å².